The van der Waals surface area contributed by atoms with Gasteiger partial charge in [-0.3, -0.25) is 4.79 Å². The van der Waals surface area contributed by atoms with Gasteiger partial charge in [0.05, 0.1) is 18.1 Å². The highest BCUT2D eigenvalue weighted by Crippen LogP contribution is 2.50. The fraction of sp³-hybridized carbons (Fsp3) is 0.625. The molecule has 2 fully saturated rings. The zero-order valence-electron chi connectivity index (χ0n) is 13.0. The highest BCUT2D eigenvalue weighted by molar-refractivity contribution is 6.01. The zero-order valence-corrected chi connectivity index (χ0v) is 13.0. The minimum Gasteiger partial charge on any atom is -0.457 e. The van der Waals surface area contributed by atoms with Gasteiger partial charge in [0.15, 0.2) is 0 Å². The minimum atomic E-state index is -0.696. The van der Waals surface area contributed by atoms with E-state index in [1.54, 1.807) is 11.8 Å². The van der Waals surface area contributed by atoms with E-state index in [1.807, 2.05) is 7.05 Å². The average Bonchev–Trinajstić information content (AvgIpc) is 2.74. The van der Waals surface area contributed by atoms with Crippen molar-refractivity contribution in [3.63, 3.8) is 0 Å². The fourth-order valence-electron chi connectivity index (χ4n) is 3.95. The number of hydrogen-bond acceptors (Lipinski definition) is 5. The molecular formula is C16H22N2O4. The number of aliphatic hydroxyl groups is 1. The predicted molar refractivity (Wildman–Crippen MR) is 79.6 cm³/mol. The number of rotatable bonds is 4. The minimum absolute atomic E-state index is 0.0949. The third-order valence-corrected chi connectivity index (χ3v) is 4.90. The summed E-state index contributed by atoms with van der Waals surface area (Å²) < 4.78 is 5.17. The number of carbonyl (C=O) groups is 2. The van der Waals surface area contributed by atoms with E-state index in [0.717, 1.165) is 18.5 Å². The number of likely N-dealkylation sites (tertiary alicyclic amines) is 1. The van der Waals surface area contributed by atoms with E-state index < -0.39 is 18.0 Å². The van der Waals surface area contributed by atoms with E-state index in [1.165, 1.54) is 6.08 Å². The Morgan fingerprint density at radius 2 is 2.32 bits per heavy atom. The van der Waals surface area contributed by atoms with Crippen LogP contribution in [0.25, 0.3) is 0 Å². The standard InChI is InChI=1S/C16H22N2O4/c1-4-7-22-16(21)14-11-8-17(3)6-5-10(11)13-12(9(2)19)15(20)18(13)14/h4,9-10,12-13,19H,1,5-8H2,2-3H3/t9-,10+,12-,13-/m1/s1. The van der Waals surface area contributed by atoms with Gasteiger partial charge in [-0.1, -0.05) is 12.7 Å². The summed E-state index contributed by atoms with van der Waals surface area (Å²) in [5.41, 5.74) is 1.37. The molecule has 120 valence electrons. The second kappa shape index (κ2) is 5.52. The van der Waals surface area contributed by atoms with Gasteiger partial charge in [-0.25, -0.2) is 4.79 Å². The molecule has 2 saturated heterocycles. The number of esters is 1. The fourth-order valence-corrected chi connectivity index (χ4v) is 3.95. The Kier molecular flexibility index (Phi) is 3.82. The Balaban J connectivity index is 1.94. The summed E-state index contributed by atoms with van der Waals surface area (Å²) in [5, 5.41) is 9.89. The predicted octanol–water partition coefficient (Wildman–Crippen LogP) is 0.143. The number of amides is 1. The maximum absolute atomic E-state index is 12.4. The lowest BCUT2D eigenvalue weighted by molar-refractivity contribution is -0.164. The molecule has 0 radical (unpaired) electrons. The third kappa shape index (κ3) is 2.09. The molecule has 4 atom stereocenters. The van der Waals surface area contributed by atoms with Crippen molar-refractivity contribution in [1.82, 2.24) is 9.80 Å². The van der Waals surface area contributed by atoms with Crippen molar-refractivity contribution < 1.29 is 19.4 Å². The van der Waals surface area contributed by atoms with E-state index in [4.69, 9.17) is 4.74 Å². The molecule has 0 aromatic rings. The number of piperidine rings is 1. The number of fused-ring (bicyclic) bond motifs is 3. The normalized spacial score (nSPS) is 32.2. The number of ether oxygens (including phenoxy) is 1. The molecule has 22 heavy (non-hydrogen) atoms. The number of β-lactam (4-membered cyclic amide) rings is 1. The van der Waals surface area contributed by atoms with Gasteiger partial charge in [-0.2, -0.15) is 0 Å². The molecule has 3 heterocycles. The Labute approximate surface area is 130 Å². The van der Waals surface area contributed by atoms with Crippen molar-refractivity contribution >= 4 is 11.9 Å². The number of nitrogens with zero attached hydrogens (tertiary/aromatic N) is 2. The first-order valence-corrected chi connectivity index (χ1v) is 7.68. The van der Waals surface area contributed by atoms with Crippen LogP contribution in [0, 0.1) is 11.8 Å². The summed E-state index contributed by atoms with van der Waals surface area (Å²) in [7, 11) is 2.00. The van der Waals surface area contributed by atoms with Gasteiger partial charge in [0, 0.05) is 12.5 Å². The van der Waals surface area contributed by atoms with Crippen LogP contribution < -0.4 is 0 Å². The summed E-state index contributed by atoms with van der Waals surface area (Å²) in [4.78, 5) is 28.5. The second-order valence-electron chi connectivity index (χ2n) is 6.36. The van der Waals surface area contributed by atoms with Crippen LogP contribution in [-0.4, -0.2) is 65.7 Å². The molecular weight excluding hydrogens is 284 g/mol. The molecule has 3 aliphatic rings. The summed E-state index contributed by atoms with van der Waals surface area (Å²) in [6.07, 6.45) is 1.70. The molecule has 0 bridgehead atoms. The number of likely N-dealkylation sites (N-methyl/N-ethyl adjacent to an activating group) is 1. The lowest BCUT2D eigenvalue weighted by atomic mass is 9.74. The number of hydrogen-bond donors (Lipinski definition) is 1. The Hall–Kier alpha value is -1.66. The highest BCUT2D eigenvalue weighted by Gasteiger charge is 2.61. The quantitative estimate of drug-likeness (QED) is 0.455. The molecule has 1 N–H and O–H groups in total. The summed E-state index contributed by atoms with van der Waals surface area (Å²) in [6.45, 7) is 6.89. The maximum atomic E-state index is 12.4. The third-order valence-electron chi connectivity index (χ3n) is 4.90. The molecule has 0 aromatic carbocycles. The van der Waals surface area contributed by atoms with Crippen LogP contribution in [0.4, 0.5) is 0 Å². The van der Waals surface area contributed by atoms with Crippen LogP contribution in [0.15, 0.2) is 23.9 Å². The monoisotopic (exact) mass is 306 g/mol. The van der Waals surface area contributed by atoms with Crippen molar-refractivity contribution in [3.05, 3.63) is 23.9 Å². The first kappa shape index (κ1) is 15.2. The van der Waals surface area contributed by atoms with Crippen LogP contribution in [0.2, 0.25) is 0 Å². The van der Waals surface area contributed by atoms with E-state index in [2.05, 4.69) is 11.5 Å². The summed E-state index contributed by atoms with van der Waals surface area (Å²) in [5.74, 6) is -0.891. The zero-order chi connectivity index (χ0) is 16.0. The molecule has 3 aliphatic heterocycles. The first-order chi connectivity index (χ1) is 10.5. The molecule has 3 rings (SSSR count). The van der Waals surface area contributed by atoms with E-state index >= 15 is 0 Å². The second-order valence-corrected chi connectivity index (χ2v) is 6.36. The van der Waals surface area contributed by atoms with Crippen molar-refractivity contribution in [1.29, 1.82) is 0 Å². The van der Waals surface area contributed by atoms with Crippen molar-refractivity contribution in [2.24, 2.45) is 11.8 Å². The smallest absolute Gasteiger partial charge is 0.355 e. The van der Waals surface area contributed by atoms with Crippen LogP contribution >= 0.6 is 0 Å². The Morgan fingerprint density at radius 1 is 1.59 bits per heavy atom. The van der Waals surface area contributed by atoms with E-state index in [-0.39, 0.29) is 24.5 Å². The highest BCUT2D eigenvalue weighted by atomic mass is 16.5. The lowest BCUT2D eigenvalue weighted by Crippen LogP contribution is -2.64. The van der Waals surface area contributed by atoms with E-state index in [0.29, 0.717) is 12.2 Å². The molecule has 0 aromatic heterocycles. The maximum Gasteiger partial charge on any atom is 0.355 e. The van der Waals surface area contributed by atoms with E-state index in [9.17, 15) is 14.7 Å². The van der Waals surface area contributed by atoms with Gasteiger partial charge in [0.1, 0.15) is 12.3 Å². The summed E-state index contributed by atoms with van der Waals surface area (Å²) >= 11 is 0. The van der Waals surface area contributed by atoms with Crippen molar-refractivity contribution in [3.8, 4) is 0 Å². The molecule has 0 saturated carbocycles. The SMILES string of the molecule is C=CCOC(=O)C1=C2CN(C)CC[C@@H]2[C@@H]2[C@@H]([C@@H](C)O)C(=O)N12. The molecule has 0 spiro atoms. The molecule has 6 heteroatoms. The lowest BCUT2D eigenvalue weighted by Gasteiger charge is -2.47. The van der Waals surface area contributed by atoms with Gasteiger partial charge in [-0.15, -0.1) is 0 Å². The Bertz CT molecular complexity index is 554. The first-order valence-electron chi connectivity index (χ1n) is 7.68. The Morgan fingerprint density at radius 3 is 2.95 bits per heavy atom. The number of aliphatic hydroxyl groups excluding tert-OH is 1. The van der Waals surface area contributed by atoms with Crippen molar-refractivity contribution in [2.75, 3.05) is 26.7 Å². The van der Waals surface area contributed by atoms with Crippen LogP contribution in [0.1, 0.15) is 13.3 Å². The van der Waals surface area contributed by atoms with Gasteiger partial charge >= 0.3 is 5.97 Å². The van der Waals surface area contributed by atoms with Gasteiger partial charge < -0.3 is 19.6 Å². The molecule has 0 unspecified atom stereocenters. The van der Waals surface area contributed by atoms with Crippen molar-refractivity contribution in [2.45, 2.75) is 25.5 Å². The number of carbonyl (C=O) groups excluding carboxylic acids is 2. The van der Waals surface area contributed by atoms with Gasteiger partial charge in [0.2, 0.25) is 5.91 Å². The molecule has 6 nitrogen and oxygen atoms in total. The largest absolute Gasteiger partial charge is 0.457 e. The van der Waals surface area contributed by atoms with Crippen LogP contribution in [0.5, 0.6) is 0 Å². The molecule has 0 aliphatic carbocycles. The molecule has 1 amide bonds. The van der Waals surface area contributed by atoms with Gasteiger partial charge in [0.25, 0.3) is 0 Å². The summed E-state index contributed by atoms with van der Waals surface area (Å²) in [6, 6.07) is -0.0949. The van der Waals surface area contributed by atoms with Crippen LogP contribution in [0.3, 0.4) is 0 Å². The average molecular weight is 306 g/mol. The topological polar surface area (TPSA) is 70.1 Å². The van der Waals surface area contributed by atoms with Gasteiger partial charge in [-0.05, 0) is 32.5 Å². The van der Waals surface area contributed by atoms with Crippen LogP contribution in [-0.2, 0) is 14.3 Å².